The highest BCUT2D eigenvalue weighted by Gasteiger charge is 2.24. The number of nitrogens with two attached hydrogens (primary N) is 2. The highest BCUT2D eigenvalue weighted by Crippen LogP contribution is 2.03. The summed E-state index contributed by atoms with van der Waals surface area (Å²) in [4.78, 5) is 23.0. The molecule has 0 spiro atoms. The summed E-state index contributed by atoms with van der Waals surface area (Å²) in [6.45, 7) is 1.40. The number of hydrogen-bond donors (Lipinski definition) is 4. The Morgan fingerprint density at radius 3 is 2.37 bits per heavy atom. The molecule has 0 unspecified atom stereocenters. The van der Waals surface area contributed by atoms with Crippen LogP contribution in [-0.2, 0) is 16.0 Å². The van der Waals surface area contributed by atoms with Crippen LogP contribution in [0.1, 0.15) is 12.5 Å². The van der Waals surface area contributed by atoms with E-state index in [0.29, 0.717) is 0 Å². The van der Waals surface area contributed by atoms with Crippen molar-refractivity contribution >= 4 is 11.8 Å². The summed E-state index contributed by atoms with van der Waals surface area (Å²) in [6.07, 6.45) is -0.709. The van der Waals surface area contributed by atoms with Crippen molar-refractivity contribution in [1.29, 1.82) is 0 Å². The van der Waals surface area contributed by atoms with Crippen LogP contribution in [0, 0.1) is 0 Å². The van der Waals surface area contributed by atoms with Crippen molar-refractivity contribution in [3.63, 3.8) is 0 Å². The molecule has 0 aliphatic rings. The number of amides is 2. The topological polar surface area (TPSA) is 118 Å². The highest BCUT2D eigenvalue weighted by atomic mass is 16.3. The Morgan fingerprint density at radius 2 is 1.89 bits per heavy atom. The van der Waals surface area contributed by atoms with Gasteiger partial charge >= 0.3 is 0 Å². The summed E-state index contributed by atoms with van der Waals surface area (Å²) < 4.78 is 0. The minimum absolute atomic E-state index is 0.286. The fourth-order valence-electron chi connectivity index (χ4n) is 1.56. The van der Waals surface area contributed by atoms with Crippen LogP contribution in [0.2, 0.25) is 0 Å². The van der Waals surface area contributed by atoms with E-state index in [0.717, 1.165) is 5.56 Å². The predicted octanol–water partition coefficient (Wildman–Crippen LogP) is -1.09. The molecule has 0 aromatic heterocycles. The Balaban J connectivity index is 2.69. The Kier molecular flexibility index (Phi) is 5.47. The van der Waals surface area contributed by atoms with Crippen molar-refractivity contribution in [3.8, 4) is 0 Å². The van der Waals surface area contributed by atoms with Gasteiger partial charge in [-0.05, 0) is 12.5 Å². The summed E-state index contributed by atoms with van der Waals surface area (Å²) in [5.41, 5.74) is 11.6. The van der Waals surface area contributed by atoms with E-state index in [4.69, 9.17) is 11.5 Å². The maximum Gasteiger partial charge on any atom is 0.240 e. The zero-order valence-electron chi connectivity index (χ0n) is 10.7. The molecule has 19 heavy (non-hydrogen) atoms. The van der Waals surface area contributed by atoms with Crippen molar-refractivity contribution < 1.29 is 14.7 Å². The van der Waals surface area contributed by atoms with Crippen molar-refractivity contribution in [1.82, 2.24) is 5.32 Å². The van der Waals surface area contributed by atoms with Crippen LogP contribution in [0.3, 0.4) is 0 Å². The molecule has 3 atom stereocenters. The van der Waals surface area contributed by atoms with Crippen molar-refractivity contribution in [3.05, 3.63) is 35.9 Å². The van der Waals surface area contributed by atoms with E-state index in [1.54, 1.807) is 0 Å². The first-order valence-electron chi connectivity index (χ1n) is 5.99. The zero-order chi connectivity index (χ0) is 14.4. The number of primary amides is 1. The third-order valence-electron chi connectivity index (χ3n) is 2.77. The monoisotopic (exact) mass is 265 g/mol. The lowest BCUT2D eigenvalue weighted by Gasteiger charge is -2.20. The minimum Gasteiger partial charge on any atom is -0.391 e. The van der Waals surface area contributed by atoms with E-state index in [-0.39, 0.29) is 6.42 Å². The smallest absolute Gasteiger partial charge is 0.240 e. The average Bonchev–Trinajstić information content (AvgIpc) is 2.37. The molecule has 0 saturated carbocycles. The van der Waals surface area contributed by atoms with Crippen molar-refractivity contribution in [2.75, 3.05) is 0 Å². The number of rotatable bonds is 6. The molecule has 6 heteroatoms. The Morgan fingerprint density at radius 1 is 1.32 bits per heavy atom. The molecule has 0 radical (unpaired) electrons. The van der Waals surface area contributed by atoms with Crippen LogP contribution in [0.4, 0.5) is 0 Å². The van der Waals surface area contributed by atoms with E-state index in [9.17, 15) is 14.7 Å². The van der Waals surface area contributed by atoms with Gasteiger partial charge in [-0.2, -0.15) is 0 Å². The largest absolute Gasteiger partial charge is 0.391 e. The average molecular weight is 265 g/mol. The number of aliphatic hydroxyl groups excluding tert-OH is 1. The predicted molar refractivity (Wildman–Crippen MR) is 70.9 cm³/mol. The Labute approximate surface area is 111 Å². The van der Waals surface area contributed by atoms with Gasteiger partial charge in [0.2, 0.25) is 11.8 Å². The van der Waals surface area contributed by atoms with Gasteiger partial charge < -0.3 is 21.9 Å². The van der Waals surface area contributed by atoms with Crippen LogP contribution in [-0.4, -0.2) is 35.1 Å². The first-order valence-corrected chi connectivity index (χ1v) is 5.99. The van der Waals surface area contributed by atoms with Crippen LogP contribution in [0.25, 0.3) is 0 Å². The molecule has 1 aromatic carbocycles. The van der Waals surface area contributed by atoms with Crippen LogP contribution in [0.5, 0.6) is 0 Å². The molecule has 6 N–H and O–H groups in total. The lowest BCUT2D eigenvalue weighted by atomic mass is 10.0. The number of aliphatic hydroxyl groups is 1. The molecular weight excluding hydrogens is 246 g/mol. The fraction of sp³-hybridized carbons (Fsp3) is 0.385. The van der Waals surface area contributed by atoms with Gasteiger partial charge in [-0.3, -0.25) is 9.59 Å². The summed E-state index contributed by atoms with van der Waals surface area (Å²) in [5.74, 6) is -1.25. The third-order valence-corrected chi connectivity index (χ3v) is 2.77. The molecular formula is C13H19N3O3. The number of nitrogens with one attached hydrogen (secondary N) is 1. The zero-order valence-corrected chi connectivity index (χ0v) is 10.7. The summed E-state index contributed by atoms with van der Waals surface area (Å²) in [6, 6.07) is 7.24. The van der Waals surface area contributed by atoms with Gasteiger partial charge in [0.1, 0.15) is 12.1 Å². The number of carbonyl (C=O) groups excluding carboxylic acids is 2. The van der Waals surface area contributed by atoms with Gasteiger partial charge in [0, 0.05) is 6.42 Å². The first-order chi connectivity index (χ1) is 8.91. The van der Waals surface area contributed by atoms with Gasteiger partial charge in [-0.25, -0.2) is 0 Å². The van der Waals surface area contributed by atoms with Crippen LogP contribution < -0.4 is 16.8 Å². The first kappa shape index (κ1) is 15.1. The molecule has 6 nitrogen and oxygen atoms in total. The normalized spacial score (nSPS) is 15.3. The van der Waals surface area contributed by atoms with Gasteiger partial charge in [0.25, 0.3) is 0 Å². The van der Waals surface area contributed by atoms with Crippen molar-refractivity contribution in [2.24, 2.45) is 11.5 Å². The van der Waals surface area contributed by atoms with Gasteiger partial charge in [0.15, 0.2) is 0 Å². The van der Waals surface area contributed by atoms with E-state index in [1.165, 1.54) is 6.92 Å². The highest BCUT2D eigenvalue weighted by molar-refractivity contribution is 5.89. The summed E-state index contributed by atoms with van der Waals surface area (Å²) >= 11 is 0. The van der Waals surface area contributed by atoms with Crippen LogP contribution >= 0.6 is 0 Å². The summed E-state index contributed by atoms with van der Waals surface area (Å²) in [5, 5.41) is 11.7. The second-order valence-electron chi connectivity index (χ2n) is 4.42. The molecule has 1 aromatic rings. The molecule has 0 fully saturated rings. The lowest BCUT2D eigenvalue weighted by molar-refractivity contribution is -0.129. The Bertz CT molecular complexity index is 434. The molecule has 2 amide bonds. The fourth-order valence-corrected chi connectivity index (χ4v) is 1.56. The van der Waals surface area contributed by atoms with Gasteiger partial charge in [-0.15, -0.1) is 0 Å². The second-order valence-corrected chi connectivity index (χ2v) is 4.42. The van der Waals surface area contributed by atoms with Crippen LogP contribution in [0.15, 0.2) is 30.3 Å². The number of carbonyl (C=O) groups is 2. The molecule has 0 bridgehead atoms. The SMILES string of the molecule is C[C@H](O)[C@H](N)C(=O)N[C@@H](Cc1ccccc1)C(N)=O. The second kappa shape index (κ2) is 6.86. The maximum atomic E-state index is 11.7. The van der Waals surface area contributed by atoms with E-state index < -0.39 is 30.0 Å². The summed E-state index contributed by atoms with van der Waals surface area (Å²) in [7, 11) is 0. The molecule has 104 valence electrons. The lowest BCUT2D eigenvalue weighted by Crippen LogP contribution is -2.54. The van der Waals surface area contributed by atoms with Gasteiger partial charge in [0.05, 0.1) is 6.10 Å². The standard InChI is InChI=1S/C13H19N3O3/c1-8(17)11(14)13(19)16-10(12(15)18)7-9-5-3-2-4-6-9/h2-6,8,10-11,17H,7,14H2,1H3,(H2,15,18)(H,16,19)/t8-,10-,11-/m0/s1. The molecule has 0 aliphatic heterocycles. The van der Waals surface area contributed by atoms with Gasteiger partial charge in [-0.1, -0.05) is 30.3 Å². The van der Waals surface area contributed by atoms with E-state index in [2.05, 4.69) is 5.32 Å². The maximum absolute atomic E-state index is 11.7. The third kappa shape index (κ3) is 4.69. The molecule has 0 heterocycles. The van der Waals surface area contributed by atoms with E-state index >= 15 is 0 Å². The molecule has 0 aliphatic carbocycles. The van der Waals surface area contributed by atoms with Crippen molar-refractivity contribution in [2.45, 2.75) is 31.5 Å². The number of benzene rings is 1. The quantitative estimate of drug-likeness (QED) is 0.522. The van der Waals surface area contributed by atoms with E-state index in [1.807, 2.05) is 30.3 Å². The minimum atomic E-state index is -1.09. The molecule has 1 rings (SSSR count). The Hall–Kier alpha value is -1.92. The number of hydrogen-bond acceptors (Lipinski definition) is 4. The molecule has 0 saturated heterocycles.